The van der Waals surface area contributed by atoms with E-state index in [1.54, 1.807) is 0 Å². The van der Waals surface area contributed by atoms with E-state index in [0.717, 1.165) is 34.4 Å². The molecule has 0 fully saturated rings. The predicted octanol–water partition coefficient (Wildman–Crippen LogP) is 6.97. The molecule has 6 aromatic rings. The van der Waals surface area contributed by atoms with Crippen LogP contribution in [0.3, 0.4) is 0 Å². The number of nitrogens with zero attached hydrogens (tertiary/aromatic N) is 3. The van der Waals surface area contributed by atoms with Crippen LogP contribution in [0.25, 0.3) is 38.9 Å². The minimum atomic E-state index is -0.279. The van der Waals surface area contributed by atoms with Crippen LogP contribution in [0.5, 0.6) is 0 Å². The highest BCUT2D eigenvalue weighted by Gasteiger charge is 2.13. The SMILES string of the molecule is Fc1ccnc(-c2cccc(Cc3ccc4c5ccccc5n(-c5ccccn5)c4c3)c2)c1. The number of pyridine rings is 2. The Balaban J connectivity index is 1.45. The molecule has 0 unspecified atom stereocenters. The van der Waals surface area contributed by atoms with Gasteiger partial charge in [0.05, 0.1) is 16.7 Å². The van der Waals surface area contributed by atoms with Crippen molar-refractivity contribution in [2.45, 2.75) is 6.42 Å². The Morgan fingerprint density at radius 1 is 0.636 bits per heavy atom. The van der Waals surface area contributed by atoms with Gasteiger partial charge in [-0.3, -0.25) is 9.55 Å². The first kappa shape index (κ1) is 19.4. The van der Waals surface area contributed by atoms with Gasteiger partial charge >= 0.3 is 0 Å². The van der Waals surface area contributed by atoms with Gasteiger partial charge < -0.3 is 0 Å². The summed E-state index contributed by atoms with van der Waals surface area (Å²) in [5.74, 6) is 0.623. The summed E-state index contributed by atoms with van der Waals surface area (Å²) in [6, 6.07) is 32.0. The fourth-order valence-electron chi connectivity index (χ4n) is 4.50. The molecule has 0 amide bonds. The third-order valence-corrected chi connectivity index (χ3v) is 5.97. The molecule has 158 valence electrons. The van der Waals surface area contributed by atoms with Gasteiger partial charge in [0.15, 0.2) is 0 Å². The minimum Gasteiger partial charge on any atom is -0.294 e. The largest absolute Gasteiger partial charge is 0.294 e. The Bertz CT molecular complexity index is 1600. The Labute approximate surface area is 190 Å². The van der Waals surface area contributed by atoms with E-state index >= 15 is 0 Å². The summed E-state index contributed by atoms with van der Waals surface area (Å²) in [5, 5.41) is 2.42. The highest BCUT2D eigenvalue weighted by Crippen LogP contribution is 2.32. The first-order valence-corrected chi connectivity index (χ1v) is 10.9. The molecule has 3 aromatic carbocycles. The normalized spacial score (nSPS) is 11.3. The number of fused-ring (bicyclic) bond motifs is 3. The maximum Gasteiger partial charge on any atom is 0.137 e. The lowest BCUT2D eigenvalue weighted by Crippen LogP contribution is -1.97. The van der Waals surface area contributed by atoms with Crippen LogP contribution in [0.2, 0.25) is 0 Å². The summed E-state index contributed by atoms with van der Waals surface area (Å²) < 4.78 is 15.9. The van der Waals surface area contributed by atoms with Crippen molar-refractivity contribution in [1.82, 2.24) is 14.5 Å². The highest BCUT2D eigenvalue weighted by atomic mass is 19.1. The van der Waals surface area contributed by atoms with Crippen molar-refractivity contribution < 1.29 is 4.39 Å². The van der Waals surface area contributed by atoms with E-state index in [1.807, 2.05) is 36.5 Å². The highest BCUT2D eigenvalue weighted by molar-refractivity contribution is 6.09. The smallest absolute Gasteiger partial charge is 0.137 e. The van der Waals surface area contributed by atoms with E-state index in [1.165, 1.54) is 34.7 Å². The van der Waals surface area contributed by atoms with Crippen LogP contribution < -0.4 is 0 Å². The summed E-state index contributed by atoms with van der Waals surface area (Å²) in [7, 11) is 0. The molecule has 3 heterocycles. The molecule has 0 spiro atoms. The molecule has 6 rings (SSSR count). The lowest BCUT2D eigenvalue weighted by molar-refractivity contribution is 0.626. The van der Waals surface area contributed by atoms with E-state index in [9.17, 15) is 4.39 Å². The third kappa shape index (κ3) is 3.56. The zero-order valence-corrected chi connectivity index (χ0v) is 17.8. The quantitative estimate of drug-likeness (QED) is 0.303. The van der Waals surface area contributed by atoms with Gasteiger partial charge in [-0.15, -0.1) is 0 Å². The standard InChI is InChI=1S/C29H20FN3/c30-23-13-15-31-26(19-23)22-7-5-6-20(17-22)16-21-11-12-25-24-8-1-2-9-27(24)33(28(25)18-21)29-10-3-4-14-32-29/h1-15,17-19H,16H2. The van der Waals surface area contributed by atoms with Crippen molar-refractivity contribution in [2.75, 3.05) is 0 Å². The van der Waals surface area contributed by atoms with Gasteiger partial charge in [0, 0.05) is 34.8 Å². The molecule has 0 bridgehead atoms. The lowest BCUT2D eigenvalue weighted by atomic mass is 10.0. The molecule has 0 saturated carbocycles. The Morgan fingerprint density at radius 3 is 2.36 bits per heavy atom. The van der Waals surface area contributed by atoms with Crippen LogP contribution in [0.4, 0.5) is 4.39 Å². The molecule has 0 aliphatic heterocycles. The maximum atomic E-state index is 13.7. The van der Waals surface area contributed by atoms with Crippen LogP contribution in [0.15, 0.2) is 109 Å². The number of rotatable bonds is 4. The number of hydrogen-bond donors (Lipinski definition) is 0. The fourth-order valence-corrected chi connectivity index (χ4v) is 4.50. The zero-order valence-electron chi connectivity index (χ0n) is 17.8. The second-order valence-corrected chi connectivity index (χ2v) is 8.13. The van der Waals surface area contributed by atoms with Crippen molar-refractivity contribution in [3.05, 3.63) is 126 Å². The van der Waals surface area contributed by atoms with Gasteiger partial charge in [-0.1, -0.05) is 54.6 Å². The van der Waals surface area contributed by atoms with Crippen LogP contribution >= 0.6 is 0 Å². The van der Waals surface area contributed by atoms with Gasteiger partial charge in [-0.25, -0.2) is 9.37 Å². The van der Waals surface area contributed by atoms with Crippen LogP contribution in [-0.4, -0.2) is 14.5 Å². The molecule has 0 radical (unpaired) electrons. The monoisotopic (exact) mass is 429 g/mol. The molecular formula is C29H20FN3. The molecule has 0 aliphatic rings. The minimum absolute atomic E-state index is 0.279. The van der Waals surface area contributed by atoms with Crippen LogP contribution in [0.1, 0.15) is 11.1 Å². The van der Waals surface area contributed by atoms with Crippen molar-refractivity contribution in [3.8, 4) is 17.1 Å². The molecule has 3 nitrogen and oxygen atoms in total. The van der Waals surface area contributed by atoms with Crippen molar-refractivity contribution in [1.29, 1.82) is 0 Å². The number of hydrogen-bond acceptors (Lipinski definition) is 2. The summed E-state index contributed by atoms with van der Waals surface area (Å²) in [6.45, 7) is 0. The molecule has 0 saturated heterocycles. The Morgan fingerprint density at radius 2 is 1.48 bits per heavy atom. The molecule has 0 aliphatic carbocycles. The van der Waals surface area contributed by atoms with E-state index < -0.39 is 0 Å². The lowest BCUT2D eigenvalue weighted by Gasteiger charge is -2.09. The summed E-state index contributed by atoms with van der Waals surface area (Å²) in [5.41, 5.74) is 6.18. The van der Waals surface area contributed by atoms with Crippen molar-refractivity contribution >= 4 is 21.8 Å². The van der Waals surface area contributed by atoms with Crippen molar-refractivity contribution in [3.63, 3.8) is 0 Å². The average Bonchev–Trinajstić information content (AvgIpc) is 3.18. The second-order valence-electron chi connectivity index (χ2n) is 8.13. The third-order valence-electron chi connectivity index (χ3n) is 5.97. The maximum absolute atomic E-state index is 13.7. The first-order valence-electron chi connectivity index (χ1n) is 10.9. The molecule has 33 heavy (non-hydrogen) atoms. The molecule has 3 aromatic heterocycles. The number of para-hydroxylation sites is 1. The Kier molecular flexibility index (Phi) is 4.69. The molecule has 0 atom stereocenters. The number of halogens is 1. The van der Waals surface area contributed by atoms with E-state index in [4.69, 9.17) is 0 Å². The van der Waals surface area contributed by atoms with E-state index in [2.05, 4.69) is 69.1 Å². The van der Waals surface area contributed by atoms with Gasteiger partial charge in [0.2, 0.25) is 0 Å². The fraction of sp³-hybridized carbons (Fsp3) is 0.0345. The number of benzene rings is 3. The predicted molar refractivity (Wildman–Crippen MR) is 131 cm³/mol. The van der Waals surface area contributed by atoms with Gasteiger partial charge in [0.1, 0.15) is 11.6 Å². The summed E-state index contributed by atoms with van der Waals surface area (Å²) in [6.07, 6.45) is 4.09. The molecule has 0 N–H and O–H groups in total. The molecule has 4 heteroatoms. The molecular weight excluding hydrogens is 409 g/mol. The van der Waals surface area contributed by atoms with E-state index in [-0.39, 0.29) is 5.82 Å². The number of aromatic nitrogens is 3. The summed E-state index contributed by atoms with van der Waals surface area (Å²) in [4.78, 5) is 8.93. The summed E-state index contributed by atoms with van der Waals surface area (Å²) >= 11 is 0. The topological polar surface area (TPSA) is 30.7 Å². The van der Waals surface area contributed by atoms with Crippen LogP contribution in [-0.2, 0) is 6.42 Å². The first-order chi connectivity index (χ1) is 16.3. The van der Waals surface area contributed by atoms with Gasteiger partial charge in [-0.2, -0.15) is 0 Å². The zero-order chi connectivity index (χ0) is 22.2. The van der Waals surface area contributed by atoms with Crippen LogP contribution in [0, 0.1) is 5.82 Å². The Hall–Kier alpha value is -4.31. The van der Waals surface area contributed by atoms with E-state index in [0.29, 0.717) is 5.69 Å². The average molecular weight is 429 g/mol. The van der Waals surface area contributed by atoms with Gasteiger partial charge in [0.25, 0.3) is 0 Å². The van der Waals surface area contributed by atoms with Gasteiger partial charge in [-0.05, 0) is 53.9 Å². The van der Waals surface area contributed by atoms with Crippen molar-refractivity contribution in [2.24, 2.45) is 0 Å². The second kappa shape index (κ2) is 7.99.